The fourth-order valence-electron chi connectivity index (χ4n) is 4.80. The number of aromatic nitrogens is 1. The van der Waals surface area contributed by atoms with Crippen molar-refractivity contribution < 1.29 is 19.4 Å². The first kappa shape index (κ1) is 25.2. The molecule has 7 nitrogen and oxygen atoms in total. The third kappa shape index (κ3) is 5.04. The highest BCUT2D eigenvalue weighted by Crippen LogP contribution is 2.35. The van der Waals surface area contributed by atoms with E-state index >= 15 is 0 Å². The number of halogens is 1. The van der Waals surface area contributed by atoms with Gasteiger partial charge in [-0.15, -0.1) is 0 Å². The van der Waals surface area contributed by atoms with Crippen LogP contribution in [0.15, 0.2) is 78.9 Å². The van der Waals surface area contributed by atoms with Gasteiger partial charge in [0.15, 0.2) is 0 Å². The van der Waals surface area contributed by atoms with Crippen LogP contribution in [-0.4, -0.2) is 40.0 Å². The first-order valence-corrected chi connectivity index (χ1v) is 12.6. The number of likely N-dealkylation sites (tertiary alicyclic amines) is 1. The summed E-state index contributed by atoms with van der Waals surface area (Å²) in [5, 5.41) is 20.9. The summed E-state index contributed by atoms with van der Waals surface area (Å²) in [6.07, 6.45) is 0.986. The van der Waals surface area contributed by atoms with Gasteiger partial charge in [-0.2, -0.15) is 5.26 Å². The Hall–Kier alpha value is -4.41. The van der Waals surface area contributed by atoms with Crippen LogP contribution in [0.25, 0.3) is 10.9 Å². The van der Waals surface area contributed by atoms with Crippen molar-refractivity contribution in [2.45, 2.75) is 24.9 Å². The van der Waals surface area contributed by atoms with Crippen LogP contribution in [0.5, 0.6) is 5.75 Å². The number of carbonyl (C=O) groups excluding carboxylic acids is 1. The number of nitrogens with zero attached hydrogens (tertiary/aromatic N) is 3. The van der Waals surface area contributed by atoms with E-state index in [2.05, 4.69) is 11.1 Å². The highest BCUT2D eigenvalue weighted by atomic mass is 35.5. The number of hydrogen-bond donors (Lipinski definition) is 1. The van der Waals surface area contributed by atoms with Crippen molar-refractivity contribution in [3.8, 4) is 11.8 Å². The van der Waals surface area contributed by atoms with E-state index in [1.165, 1.54) is 6.07 Å². The minimum absolute atomic E-state index is 0.0250. The Morgan fingerprint density at radius 1 is 1.03 bits per heavy atom. The molecule has 0 unspecified atom stereocenters. The van der Waals surface area contributed by atoms with Crippen molar-refractivity contribution in [3.05, 3.63) is 106 Å². The zero-order valence-electron chi connectivity index (χ0n) is 20.4. The Morgan fingerprint density at radius 2 is 1.74 bits per heavy atom. The van der Waals surface area contributed by atoms with E-state index < -0.39 is 11.4 Å². The number of nitriles is 1. The van der Waals surface area contributed by atoms with Gasteiger partial charge in [0.2, 0.25) is 0 Å². The van der Waals surface area contributed by atoms with E-state index in [9.17, 15) is 20.0 Å². The summed E-state index contributed by atoms with van der Waals surface area (Å²) >= 11 is 5.93. The number of piperidine rings is 1. The van der Waals surface area contributed by atoms with Gasteiger partial charge in [-0.1, -0.05) is 54.1 Å². The number of rotatable bonds is 6. The number of hydrogen-bond acceptors (Lipinski definition) is 5. The van der Waals surface area contributed by atoms with E-state index in [-0.39, 0.29) is 23.8 Å². The minimum atomic E-state index is -1.16. The second-order valence-electron chi connectivity index (χ2n) is 9.31. The molecule has 1 aliphatic rings. The Labute approximate surface area is 224 Å². The first-order valence-electron chi connectivity index (χ1n) is 12.2. The summed E-state index contributed by atoms with van der Waals surface area (Å²) in [5.74, 6) is -1.02. The van der Waals surface area contributed by atoms with Crippen LogP contribution in [0.3, 0.4) is 0 Å². The monoisotopic (exact) mass is 525 g/mol. The summed E-state index contributed by atoms with van der Waals surface area (Å²) < 4.78 is 5.85. The molecule has 38 heavy (non-hydrogen) atoms. The zero-order chi connectivity index (χ0) is 26.7. The van der Waals surface area contributed by atoms with Gasteiger partial charge >= 0.3 is 5.97 Å². The molecule has 1 fully saturated rings. The Bertz CT molecular complexity index is 1540. The average Bonchev–Trinajstić information content (AvgIpc) is 2.96. The second kappa shape index (κ2) is 10.5. The number of amides is 1. The van der Waals surface area contributed by atoms with Gasteiger partial charge in [-0.05, 0) is 60.4 Å². The molecule has 4 aromatic rings. The van der Waals surface area contributed by atoms with Gasteiger partial charge in [0, 0.05) is 23.5 Å². The van der Waals surface area contributed by atoms with Crippen LogP contribution in [-0.2, 0) is 12.0 Å². The van der Waals surface area contributed by atoms with Crippen molar-refractivity contribution in [2.75, 3.05) is 13.1 Å². The van der Waals surface area contributed by atoms with Crippen molar-refractivity contribution in [3.63, 3.8) is 0 Å². The SMILES string of the molecule is N#CC1(c2ccccc2)CCN(C(=O)c2cc(C(=O)O)c3cc(OCc4ccc(Cl)cc4)ccc3n2)CC1. The molecule has 0 atom stereocenters. The molecular weight excluding hydrogens is 502 g/mol. The summed E-state index contributed by atoms with van der Waals surface area (Å²) in [7, 11) is 0. The molecule has 0 spiro atoms. The molecule has 5 rings (SSSR count). The third-order valence-electron chi connectivity index (χ3n) is 6.99. The molecular formula is C30H24ClN3O4. The van der Waals surface area contributed by atoms with E-state index in [0.717, 1.165) is 11.1 Å². The van der Waals surface area contributed by atoms with Crippen LogP contribution in [0, 0.1) is 11.3 Å². The van der Waals surface area contributed by atoms with Crippen LogP contribution in [0.1, 0.15) is 44.8 Å². The molecule has 1 aliphatic heterocycles. The van der Waals surface area contributed by atoms with Crippen molar-refractivity contribution in [1.29, 1.82) is 5.26 Å². The second-order valence-corrected chi connectivity index (χ2v) is 9.74. The van der Waals surface area contributed by atoms with Gasteiger partial charge in [-0.25, -0.2) is 9.78 Å². The largest absolute Gasteiger partial charge is 0.489 e. The summed E-state index contributed by atoms with van der Waals surface area (Å²) in [4.78, 5) is 31.6. The Balaban J connectivity index is 1.36. The van der Waals surface area contributed by atoms with E-state index in [0.29, 0.717) is 47.6 Å². The Kier molecular flexibility index (Phi) is 6.99. The molecule has 1 aromatic heterocycles. The minimum Gasteiger partial charge on any atom is -0.489 e. The van der Waals surface area contributed by atoms with E-state index in [1.54, 1.807) is 35.2 Å². The molecule has 0 saturated carbocycles. The third-order valence-corrected chi connectivity index (χ3v) is 7.25. The molecule has 1 N–H and O–H groups in total. The summed E-state index contributed by atoms with van der Waals surface area (Å²) in [6, 6.07) is 25.6. The van der Waals surface area contributed by atoms with Crippen molar-refractivity contribution in [1.82, 2.24) is 9.88 Å². The fourth-order valence-corrected chi connectivity index (χ4v) is 4.93. The number of benzene rings is 3. The summed E-state index contributed by atoms with van der Waals surface area (Å²) in [5.41, 5.74) is 1.64. The maximum Gasteiger partial charge on any atom is 0.336 e. The highest BCUT2D eigenvalue weighted by Gasteiger charge is 2.38. The van der Waals surface area contributed by atoms with Gasteiger partial charge < -0.3 is 14.7 Å². The van der Waals surface area contributed by atoms with Gasteiger partial charge in [0.25, 0.3) is 5.91 Å². The van der Waals surface area contributed by atoms with Crippen molar-refractivity contribution >= 4 is 34.4 Å². The molecule has 1 amide bonds. The fraction of sp³-hybridized carbons (Fsp3) is 0.200. The number of carboxylic acids is 1. The standard InChI is InChI=1S/C30H24ClN3O4/c31-22-8-6-20(7-9-22)18-38-23-10-11-26-24(16-23)25(29(36)37)17-27(33-26)28(35)34-14-12-30(19-32,13-15-34)21-4-2-1-3-5-21/h1-11,16-17H,12-15,18H2,(H,36,37). The normalized spacial score (nSPS) is 14.6. The molecule has 2 heterocycles. The van der Waals surface area contributed by atoms with Crippen LogP contribution in [0.4, 0.5) is 0 Å². The molecule has 8 heteroatoms. The molecule has 0 radical (unpaired) electrons. The van der Waals surface area contributed by atoms with Crippen LogP contribution >= 0.6 is 11.6 Å². The lowest BCUT2D eigenvalue weighted by Gasteiger charge is -2.37. The molecule has 1 saturated heterocycles. The topological polar surface area (TPSA) is 104 Å². The van der Waals surface area contributed by atoms with Gasteiger partial charge in [-0.3, -0.25) is 4.79 Å². The number of fused-ring (bicyclic) bond motifs is 1. The quantitative estimate of drug-likeness (QED) is 0.338. The summed E-state index contributed by atoms with van der Waals surface area (Å²) in [6.45, 7) is 1.04. The maximum absolute atomic E-state index is 13.4. The number of carboxylic acid groups (broad SMARTS) is 1. The number of aromatic carboxylic acids is 1. The number of carbonyl (C=O) groups is 2. The maximum atomic E-state index is 13.4. The van der Waals surface area contributed by atoms with Crippen molar-refractivity contribution in [2.24, 2.45) is 0 Å². The van der Waals surface area contributed by atoms with E-state index in [4.69, 9.17) is 16.3 Å². The molecule has 0 bridgehead atoms. The predicted molar refractivity (Wildman–Crippen MR) is 143 cm³/mol. The van der Waals surface area contributed by atoms with Crippen LogP contribution in [0.2, 0.25) is 5.02 Å². The average molecular weight is 526 g/mol. The van der Waals surface area contributed by atoms with E-state index in [1.807, 2.05) is 42.5 Å². The molecule has 190 valence electrons. The lowest BCUT2D eigenvalue weighted by Crippen LogP contribution is -2.44. The lowest BCUT2D eigenvalue weighted by atomic mass is 9.74. The highest BCUT2D eigenvalue weighted by molar-refractivity contribution is 6.30. The zero-order valence-corrected chi connectivity index (χ0v) is 21.2. The van der Waals surface area contributed by atoms with Gasteiger partial charge in [0.05, 0.1) is 22.6 Å². The lowest BCUT2D eigenvalue weighted by molar-refractivity contribution is 0.0686. The number of ether oxygens (including phenoxy) is 1. The first-order chi connectivity index (χ1) is 18.4. The molecule has 3 aromatic carbocycles. The van der Waals surface area contributed by atoms with Crippen LogP contribution < -0.4 is 4.74 Å². The Morgan fingerprint density at radius 3 is 2.39 bits per heavy atom. The smallest absolute Gasteiger partial charge is 0.336 e. The molecule has 0 aliphatic carbocycles. The predicted octanol–water partition coefficient (Wildman–Crippen LogP) is 5.86. The number of pyridine rings is 1. The van der Waals surface area contributed by atoms with Gasteiger partial charge in [0.1, 0.15) is 18.1 Å².